The average Bonchev–Trinajstić information content (AvgIpc) is 2.50. The maximum atomic E-state index is 11.7. The first-order chi connectivity index (χ1) is 10.2. The molecule has 0 saturated carbocycles. The highest BCUT2D eigenvalue weighted by Gasteiger charge is 2.05. The average molecular weight is 328 g/mol. The molecule has 1 rings (SSSR count). The van der Waals surface area contributed by atoms with Crippen LogP contribution in [0.15, 0.2) is 36.9 Å². The number of methoxy groups -OCH3 is 1. The minimum Gasteiger partial charge on any atom is -0.383 e. The van der Waals surface area contributed by atoms with Gasteiger partial charge in [0.2, 0.25) is 5.91 Å². The normalized spacial score (nSPS) is 9.50. The summed E-state index contributed by atoms with van der Waals surface area (Å²) in [6.07, 6.45) is 1.61. The van der Waals surface area contributed by atoms with E-state index in [4.69, 9.17) is 4.74 Å². The van der Waals surface area contributed by atoms with Crippen molar-refractivity contribution in [3.63, 3.8) is 0 Å². The third-order valence-corrected chi connectivity index (χ3v) is 2.61. The predicted octanol–water partition coefficient (Wildman–Crippen LogP) is 1.20. The van der Waals surface area contributed by atoms with E-state index < -0.39 is 0 Å². The van der Waals surface area contributed by atoms with Crippen LogP contribution in [0, 0.1) is 0 Å². The summed E-state index contributed by atoms with van der Waals surface area (Å²) in [6, 6.07) is 6.70. The number of benzene rings is 1. The lowest BCUT2D eigenvalue weighted by Gasteiger charge is -2.07. The molecule has 2 amide bonds. The quantitative estimate of drug-likeness (QED) is 0.470. The fourth-order valence-electron chi connectivity index (χ4n) is 1.55. The van der Waals surface area contributed by atoms with Gasteiger partial charge in [-0.2, -0.15) is 0 Å². The number of hydrogen-bond acceptors (Lipinski definition) is 4. The largest absolute Gasteiger partial charge is 0.383 e. The Morgan fingerprint density at radius 2 is 1.95 bits per heavy atom. The molecule has 22 heavy (non-hydrogen) atoms. The Bertz CT molecular complexity index is 477. The molecule has 122 valence electrons. The van der Waals surface area contributed by atoms with Gasteiger partial charge in [-0.25, -0.2) is 0 Å². The van der Waals surface area contributed by atoms with E-state index in [1.54, 1.807) is 37.5 Å². The molecule has 0 atom stereocenters. The van der Waals surface area contributed by atoms with E-state index in [-0.39, 0.29) is 30.8 Å². The number of carbonyl (C=O) groups is 2. The number of amides is 2. The molecule has 0 saturated heterocycles. The monoisotopic (exact) mass is 327 g/mol. The maximum absolute atomic E-state index is 11.7. The minimum absolute atomic E-state index is 0. The molecule has 1 aromatic rings. The van der Waals surface area contributed by atoms with Crippen molar-refractivity contribution in [2.45, 2.75) is 0 Å². The second-order valence-corrected chi connectivity index (χ2v) is 4.29. The van der Waals surface area contributed by atoms with Gasteiger partial charge in [-0.3, -0.25) is 9.59 Å². The highest BCUT2D eigenvalue weighted by molar-refractivity contribution is 5.96. The van der Waals surface area contributed by atoms with Gasteiger partial charge in [0.05, 0.1) is 13.2 Å². The van der Waals surface area contributed by atoms with Crippen LogP contribution in [0.2, 0.25) is 0 Å². The van der Waals surface area contributed by atoms with Crippen molar-refractivity contribution in [1.82, 2.24) is 10.6 Å². The molecule has 0 aromatic heterocycles. The van der Waals surface area contributed by atoms with E-state index in [0.717, 1.165) is 0 Å². The van der Waals surface area contributed by atoms with Crippen LogP contribution in [0.1, 0.15) is 10.4 Å². The number of carbonyl (C=O) groups excluding carboxylic acids is 2. The fraction of sp³-hybridized carbons (Fsp3) is 0.333. The lowest BCUT2D eigenvalue weighted by molar-refractivity contribution is -0.115. The Labute approximate surface area is 136 Å². The molecule has 6 nitrogen and oxygen atoms in total. The van der Waals surface area contributed by atoms with Crippen molar-refractivity contribution in [2.75, 3.05) is 38.7 Å². The number of halogens is 1. The Hall–Kier alpha value is -1.89. The van der Waals surface area contributed by atoms with Gasteiger partial charge in [0.1, 0.15) is 0 Å². The molecule has 3 N–H and O–H groups in total. The van der Waals surface area contributed by atoms with Crippen molar-refractivity contribution in [1.29, 1.82) is 0 Å². The highest BCUT2D eigenvalue weighted by Crippen LogP contribution is 2.09. The van der Waals surface area contributed by atoms with Crippen LogP contribution in [-0.2, 0) is 9.53 Å². The molecule has 7 heteroatoms. The lowest BCUT2D eigenvalue weighted by Crippen LogP contribution is -2.30. The van der Waals surface area contributed by atoms with Crippen LogP contribution >= 0.6 is 12.4 Å². The van der Waals surface area contributed by atoms with Gasteiger partial charge in [0, 0.05) is 31.5 Å². The van der Waals surface area contributed by atoms with Crippen LogP contribution in [-0.4, -0.2) is 45.2 Å². The van der Waals surface area contributed by atoms with Crippen LogP contribution in [0.25, 0.3) is 0 Å². The number of anilines is 1. The standard InChI is InChI=1S/C15H21N3O3.ClH/c1-3-8-17-15(20)12-4-6-13(7-5-12)18-14(19)11-16-9-10-21-2;/h3-7,16H,1,8-11H2,2H3,(H,17,20)(H,18,19);1H. The molecule has 1 aromatic carbocycles. The Morgan fingerprint density at radius 3 is 2.55 bits per heavy atom. The number of rotatable bonds is 9. The van der Waals surface area contributed by atoms with Gasteiger partial charge < -0.3 is 20.7 Å². The third kappa shape index (κ3) is 7.78. The molecular formula is C15H22ClN3O3. The molecule has 0 fully saturated rings. The van der Waals surface area contributed by atoms with E-state index >= 15 is 0 Å². The summed E-state index contributed by atoms with van der Waals surface area (Å²) >= 11 is 0. The second-order valence-electron chi connectivity index (χ2n) is 4.29. The van der Waals surface area contributed by atoms with E-state index in [0.29, 0.717) is 30.9 Å². The minimum atomic E-state index is -0.172. The number of nitrogens with one attached hydrogen (secondary N) is 3. The van der Waals surface area contributed by atoms with E-state index in [2.05, 4.69) is 22.5 Å². The summed E-state index contributed by atoms with van der Waals surface area (Å²) < 4.78 is 4.87. The third-order valence-electron chi connectivity index (χ3n) is 2.61. The second kappa shape index (κ2) is 11.7. The number of hydrogen-bond donors (Lipinski definition) is 3. The first-order valence-electron chi connectivity index (χ1n) is 6.66. The molecule has 0 bridgehead atoms. The summed E-state index contributed by atoms with van der Waals surface area (Å²) in [4.78, 5) is 23.3. The van der Waals surface area contributed by atoms with Crippen LogP contribution in [0.3, 0.4) is 0 Å². The first kappa shape index (κ1) is 20.1. The van der Waals surface area contributed by atoms with E-state index in [1.807, 2.05) is 0 Å². The summed E-state index contributed by atoms with van der Waals surface area (Å²) in [7, 11) is 1.61. The Morgan fingerprint density at radius 1 is 1.27 bits per heavy atom. The van der Waals surface area contributed by atoms with Crippen molar-refractivity contribution in [3.05, 3.63) is 42.5 Å². The molecule has 0 aliphatic carbocycles. The molecule has 0 heterocycles. The van der Waals surface area contributed by atoms with Gasteiger partial charge in [-0.1, -0.05) is 6.08 Å². The summed E-state index contributed by atoms with van der Waals surface area (Å²) in [5.41, 5.74) is 1.18. The zero-order valence-electron chi connectivity index (χ0n) is 12.6. The molecular weight excluding hydrogens is 306 g/mol. The van der Waals surface area contributed by atoms with Crippen LogP contribution < -0.4 is 16.0 Å². The van der Waals surface area contributed by atoms with E-state index in [1.165, 1.54) is 0 Å². The summed E-state index contributed by atoms with van der Waals surface area (Å²) in [5.74, 6) is -0.316. The Kier molecular flexibility index (Phi) is 10.7. The van der Waals surface area contributed by atoms with Crippen LogP contribution in [0.5, 0.6) is 0 Å². The van der Waals surface area contributed by atoms with Gasteiger partial charge in [-0.15, -0.1) is 19.0 Å². The highest BCUT2D eigenvalue weighted by atomic mass is 35.5. The lowest BCUT2D eigenvalue weighted by atomic mass is 10.2. The first-order valence-corrected chi connectivity index (χ1v) is 6.66. The van der Waals surface area contributed by atoms with Gasteiger partial charge in [0.25, 0.3) is 5.91 Å². The molecule has 0 radical (unpaired) electrons. The molecule has 0 unspecified atom stereocenters. The molecule has 0 aliphatic rings. The fourth-order valence-corrected chi connectivity index (χ4v) is 1.55. The van der Waals surface area contributed by atoms with Gasteiger partial charge >= 0.3 is 0 Å². The maximum Gasteiger partial charge on any atom is 0.251 e. The Balaban J connectivity index is 0.00000441. The van der Waals surface area contributed by atoms with Gasteiger partial charge in [0.15, 0.2) is 0 Å². The summed E-state index contributed by atoms with van der Waals surface area (Å²) in [6.45, 7) is 5.34. The van der Waals surface area contributed by atoms with Crippen molar-refractivity contribution in [2.24, 2.45) is 0 Å². The van der Waals surface area contributed by atoms with E-state index in [9.17, 15) is 9.59 Å². The van der Waals surface area contributed by atoms with Crippen molar-refractivity contribution in [3.8, 4) is 0 Å². The van der Waals surface area contributed by atoms with Gasteiger partial charge in [-0.05, 0) is 24.3 Å². The zero-order chi connectivity index (χ0) is 15.5. The smallest absolute Gasteiger partial charge is 0.251 e. The SMILES string of the molecule is C=CCNC(=O)c1ccc(NC(=O)CNCCOC)cc1.Cl. The van der Waals surface area contributed by atoms with Crippen molar-refractivity contribution < 1.29 is 14.3 Å². The zero-order valence-corrected chi connectivity index (χ0v) is 13.4. The number of ether oxygens (including phenoxy) is 1. The molecule has 0 aliphatic heterocycles. The van der Waals surface area contributed by atoms with Crippen LogP contribution in [0.4, 0.5) is 5.69 Å². The predicted molar refractivity (Wildman–Crippen MR) is 89.6 cm³/mol. The topological polar surface area (TPSA) is 79.5 Å². The van der Waals surface area contributed by atoms with Crippen molar-refractivity contribution >= 4 is 29.9 Å². The summed E-state index contributed by atoms with van der Waals surface area (Å²) in [5, 5.41) is 8.37. The molecule has 0 spiro atoms.